The van der Waals surface area contributed by atoms with E-state index in [-0.39, 0.29) is 6.10 Å². The third kappa shape index (κ3) is 3.29. The second-order valence-corrected chi connectivity index (χ2v) is 8.61. The first-order valence-corrected chi connectivity index (χ1v) is 9.30. The standard InChI is InChI=1S/C14H17N3O3S2/c1-11-4-5-14(21-11)22(18,19)17-8-2-3-12(10-17)20-13-9-15-6-7-16-13/h4-7,9,12H,2-3,8,10H2,1H3. The highest BCUT2D eigenvalue weighted by molar-refractivity contribution is 7.91. The Kier molecular flexibility index (Phi) is 4.42. The molecule has 1 saturated heterocycles. The van der Waals surface area contributed by atoms with E-state index < -0.39 is 10.0 Å². The number of rotatable bonds is 4. The Hall–Kier alpha value is -1.51. The van der Waals surface area contributed by atoms with Crippen molar-refractivity contribution in [1.82, 2.24) is 14.3 Å². The molecule has 0 spiro atoms. The maximum absolute atomic E-state index is 12.7. The number of hydrogen-bond donors (Lipinski definition) is 0. The van der Waals surface area contributed by atoms with Crippen molar-refractivity contribution < 1.29 is 13.2 Å². The largest absolute Gasteiger partial charge is 0.472 e. The Bertz CT molecular complexity index is 731. The average Bonchev–Trinajstić information content (AvgIpc) is 2.96. The maximum atomic E-state index is 12.7. The minimum atomic E-state index is -3.43. The van der Waals surface area contributed by atoms with Gasteiger partial charge in [-0.25, -0.2) is 13.4 Å². The van der Waals surface area contributed by atoms with E-state index in [1.54, 1.807) is 18.5 Å². The van der Waals surface area contributed by atoms with Crippen LogP contribution in [0.15, 0.2) is 34.9 Å². The number of hydrogen-bond acceptors (Lipinski definition) is 6. The van der Waals surface area contributed by atoms with Crippen LogP contribution < -0.4 is 4.74 Å². The van der Waals surface area contributed by atoms with Crippen LogP contribution in [0.25, 0.3) is 0 Å². The van der Waals surface area contributed by atoms with Gasteiger partial charge in [0.25, 0.3) is 10.0 Å². The molecule has 8 heteroatoms. The minimum absolute atomic E-state index is 0.193. The smallest absolute Gasteiger partial charge is 0.252 e. The lowest BCUT2D eigenvalue weighted by Gasteiger charge is -2.31. The molecule has 3 rings (SSSR count). The van der Waals surface area contributed by atoms with Gasteiger partial charge in [-0.3, -0.25) is 4.98 Å². The summed E-state index contributed by atoms with van der Waals surface area (Å²) in [5.74, 6) is 0.429. The van der Waals surface area contributed by atoms with Crippen molar-refractivity contribution >= 4 is 21.4 Å². The van der Waals surface area contributed by atoms with Crippen molar-refractivity contribution in [3.8, 4) is 5.88 Å². The first-order chi connectivity index (χ1) is 10.6. The molecule has 2 aromatic rings. The van der Waals surface area contributed by atoms with Crippen molar-refractivity contribution in [1.29, 1.82) is 0 Å². The summed E-state index contributed by atoms with van der Waals surface area (Å²) in [4.78, 5) is 9.01. The monoisotopic (exact) mass is 339 g/mol. The van der Waals surface area contributed by atoms with E-state index >= 15 is 0 Å². The van der Waals surface area contributed by atoms with E-state index in [0.717, 1.165) is 17.7 Å². The number of nitrogens with zero attached hydrogens (tertiary/aromatic N) is 3. The molecule has 1 aliphatic heterocycles. The predicted molar refractivity (Wildman–Crippen MR) is 83.5 cm³/mol. The number of piperidine rings is 1. The van der Waals surface area contributed by atoms with Crippen LogP contribution in [0.1, 0.15) is 17.7 Å². The molecule has 22 heavy (non-hydrogen) atoms. The van der Waals surface area contributed by atoms with Gasteiger partial charge in [0.05, 0.1) is 12.7 Å². The molecular weight excluding hydrogens is 322 g/mol. The van der Waals surface area contributed by atoms with Crippen LogP contribution in [0.4, 0.5) is 0 Å². The van der Waals surface area contributed by atoms with Gasteiger partial charge in [0.2, 0.25) is 5.88 Å². The Morgan fingerprint density at radius 2 is 2.23 bits per heavy atom. The molecule has 6 nitrogen and oxygen atoms in total. The van der Waals surface area contributed by atoms with Crippen LogP contribution in [0.3, 0.4) is 0 Å². The first kappa shape index (κ1) is 15.4. The summed E-state index contributed by atoms with van der Waals surface area (Å²) in [6.45, 7) is 2.77. The van der Waals surface area contributed by atoms with Gasteiger partial charge >= 0.3 is 0 Å². The molecule has 1 atom stereocenters. The average molecular weight is 339 g/mol. The second kappa shape index (κ2) is 6.31. The van der Waals surface area contributed by atoms with Gasteiger partial charge in [0.1, 0.15) is 10.3 Å². The number of aromatic nitrogens is 2. The van der Waals surface area contributed by atoms with Gasteiger partial charge in [0, 0.05) is 23.8 Å². The lowest BCUT2D eigenvalue weighted by Crippen LogP contribution is -2.44. The lowest BCUT2D eigenvalue weighted by atomic mass is 10.1. The molecular formula is C14H17N3O3S2. The first-order valence-electron chi connectivity index (χ1n) is 7.05. The third-order valence-electron chi connectivity index (χ3n) is 3.48. The van der Waals surface area contributed by atoms with Crippen LogP contribution in [0.5, 0.6) is 5.88 Å². The zero-order chi connectivity index (χ0) is 15.6. The van der Waals surface area contributed by atoms with E-state index in [1.807, 2.05) is 13.0 Å². The summed E-state index contributed by atoms with van der Waals surface area (Å²) in [5.41, 5.74) is 0. The molecule has 0 aliphatic carbocycles. The van der Waals surface area contributed by atoms with Gasteiger partial charge in [0.15, 0.2) is 0 Å². The number of aryl methyl sites for hydroxylation is 1. The highest BCUT2D eigenvalue weighted by atomic mass is 32.2. The molecule has 118 valence electrons. The van der Waals surface area contributed by atoms with Crippen molar-refractivity contribution in [2.24, 2.45) is 0 Å². The van der Waals surface area contributed by atoms with E-state index in [1.165, 1.54) is 21.8 Å². The number of ether oxygens (including phenoxy) is 1. The molecule has 1 unspecified atom stereocenters. The van der Waals surface area contributed by atoms with E-state index in [0.29, 0.717) is 23.2 Å². The fourth-order valence-electron chi connectivity index (χ4n) is 2.41. The number of thiophene rings is 1. The quantitative estimate of drug-likeness (QED) is 0.853. The fourth-order valence-corrected chi connectivity index (χ4v) is 5.36. The summed E-state index contributed by atoms with van der Waals surface area (Å²) in [6, 6.07) is 3.50. The molecule has 1 aliphatic rings. The zero-order valence-corrected chi connectivity index (χ0v) is 13.8. The maximum Gasteiger partial charge on any atom is 0.252 e. The predicted octanol–water partition coefficient (Wildman–Crippen LogP) is 2.08. The topological polar surface area (TPSA) is 72.4 Å². The van der Waals surface area contributed by atoms with Crippen molar-refractivity contribution in [3.63, 3.8) is 0 Å². The van der Waals surface area contributed by atoms with Gasteiger partial charge in [-0.05, 0) is 31.9 Å². The summed E-state index contributed by atoms with van der Waals surface area (Å²) >= 11 is 1.30. The molecule has 0 N–H and O–H groups in total. The van der Waals surface area contributed by atoms with Gasteiger partial charge in [-0.1, -0.05) is 0 Å². The summed E-state index contributed by atoms with van der Waals surface area (Å²) < 4.78 is 32.9. The second-order valence-electron chi connectivity index (χ2n) is 5.15. The van der Waals surface area contributed by atoms with Crippen LogP contribution in [-0.4, -0.2) is 41.9 Å². The summed E-state index contributed by atoms with van der Waals surface area (Å²) in [7, 11) is -3.43. The number of sulfonamides is 1. The Balaban J connectivity index is 1.73. The van der Waals surface area contributed by atoms with E-state index in [9.17, 15) is 8.42 Å². The van der Waals surface area contributed by atoms with E-state index in [2.05, 4.69) is 9.97 Å². The van der Waals surface area contributed by atoms with Gasteiger partial charge in [-0.15, -0.1) is 11.3 Å². The molecule has 0 aromatic carbocycles. The Labute approximate surface area is 133 Å². The molecule has 1 fully saturated rings. The highest BCUT2D eigenvalue weighted by Gasteiger charge is 2.32. The fraction of sp³-hybridized carbons (Fsp3) is 0.429. The summed E-state index contributed by atoms with van der Waals surface area (Å²) in [5, 5.41) is 0. The van der Waals surface area contributed by atoms with Crippen LogP contribution >= 0.6 is 11.3 Å². The van der Waals surface area contributed by atoms with Gasteiger partial charge in [-0.2, -0.15) is 4.31 Å². The van der Waals surface area contributed by atoms with Crippen LogP contribution in [0, 0.1) is 6.92 Å². The lowest BCUT2D eigenvalue weighted by molar-refractivity contribution is 0.124. The van der Waals surface area contributed by atoms with Crippen LogP contribution in [-0.2, 0) is 10.0 Å². The molecule has 0 radical (unpaired) electrons. The Morgan fingerprint density at radius 1 is 1.36 bits per heavy atom. The normalized spacial score (nSPS) is 20.0. The SMILES string of the molecule is Cc1ccc(S(=O)(=O)N2CCCC(Oc3cnccn3)C2)s1. The molecule has 0 bridgehead atoms. The van der Waals surface area contributed by atoms with E-state index in [4.69, 9.17) is 4.74 Å². The third-order valence-corrected chi connectivity index (χ3v) is 6.81. The van der Waals surface area contributed by atoms with Crippen molar-refractivity contribution in [2.45, 2.75) is 30.1 Å². The zero-order valence-electron chi connectivity index (χ0n) is 12.2. The Morgan fingerprint density at radius 3 is 2.91 bits per heavy atom. The molecule has 2 aromatic heterocycles. The van der Waals surface area contributed by atoms with Crippen LogP contribution in [0.2, 0.25) is 0 Å². The molecule has 0 amide bonds. The molecule has 0 saturated carbocycles. The van der Waals surface area contributed by atoms with Crippen molar-refractivity contribution in [2.75, 3.05) is 13.1 Å². The summed E-state index contributed by atoms with van der Waals surface area (Å²) in [6.07, 6.45) is 6.06. The minimum Gasteiger partial charge on any atom is -0.472 e. The van der Waals surface area contributed by atoms with Gasteiger partial charge < -0.3 is 4.74 Å². The van der Waals surface area contributed by atoms with Crippen molar-refractivity contribution in [3.05, 3.63) is 35.6 Å². The molecule has 3 heterocycles. The highest BCUT2D eigenvalue weighted by Crippen LogP contribution is 2.27.